The summed E-state index contributed by atoms with van der Waals surface area (Å²) in [4.78, 5) is 29.1. The van der Waals surface area contributed by atoms with Crippen LogP contribution in [0.4, 0.5) is 0 Å². The van der Waals surface area contributed by atoms with Crippen LogP contribution in [-0.2, 0) is 28.3 Å². The summed E-state index contributed by atoms with van der Waals surface area (Å²) in [5.41, 5.74) is 4.52. The van der Waals surface area contributed by atoms with Crippen LogP contribution >= 0.6 is 11.8 Å². The summed E-state index contributed by atoms with van der Waals surface area (Å²) in [6.07, 6.45) is 4.83. The molecule has 3 aromatic rings. The first kappa shape index (κ1) is 26.0. The van der Waals surface area contributed by atoms with E-state index >= 15 is 0 Å². The number of amides is 2. The normalized spacial score (nSPS) is 14.4. The van der Waals surface area contributed by atoms with Gasteiger partial charge in [-0.05, 0) is 36.5 Å². The van der Waals surface area contributed by atoms with Gasteiger partial charge in [0.05, 0.1) is 5.75 Å². The minimum Gasteiger partial charge on any atom is -0.352 e. The number of hydrogen-bond acceptors (Lipinski definition) is 3. The van der Waals surface area contributed by atoms with Crippen molar-refractivity contribution in [1.82, 2.24) is 10.2 Å². The summed E-state index contributed by atoms with van der Waals surface area (Å²) in [5.74, 6) is 1.06. The Morgan fingerprint density at radius 2 is 1.47 bits per heavy atom. The molecule has 5 heteroatoms. The SMILES string of the molecule is Cc1ccc(CSCC(=O)N(Cc2ccccc2)C(Cc2ccccc2)C(=O)NC2CCCC2)cc1. The Morgan fingerprint density at radius 3 is 2.11 bits per heavy atom. The highest BCUT2D eigenvalue weighted by molar-refractivity contribution is 7.99. The number of carbonyl (C=O) groups is 2. The fourth-order valence-electron chi connectivity index (χ4n) is 4.73. The van der Waals surface area contributed by atoms with Gasteiger partial charge in [0.25, 0.3) is 0 Å². The molecule has 0 spiro atoms. The first-order chi connectivity index (χ1) is 17.6. The fraction of sp³-hybridized carbons (Fsp3) is 0.355. The van der Waals surface area contributed by atoms with Gasteiger partial charge >= 0.3 is 0 Å². The quantitative estimate of drug-likeness (QED) is 0.355. The van der Waals surface area contributed by atoms with Gasteiger partial charge in [0, 0.05) is 24.8 Å². The Labute approximate surface area is 219 Å². The van der Waals surface area contributed by atoms with Crippen molar-refractivity contribution in [2.75, 3.05) is 5.75 Å². The second-order valence-electron chi connectivity index (χ2n) is 9.68. The lowest BCUT2D eigenvalue weighted by atomic mass is 10.0. The van der Waals surface area contributed by atoms with Crippen LogP contribution in [0.25, 0.3) is 0 Å². The summed E-state index contributed by atoms with van der Waals surface area (Å²) in [6.45, 7) is 2.49. The molecular formula is C31H36N2O2S. The molecule has 4 nitrogen and oxygen atoms in total. The molecule has 0 aliphatic heterocycles. The molecule has 0 aromatic heterocycles. The number of hydrogen-bond donors (Lipinski definition) is 1. The number of carbonyl (C=O) groups excluding carboxylic acids is 2. The standard InChI is InChI=1S/C31H36N2O2S/c1-24-16-18-27(19-17-24)22-36-23-30(34)33(21-26-12-6-3-7-13-26)29(20-25-10-4-2-5-11-25)31(35)32-28-14-8-9-15-28/h2-7,10-13,16-19,28-29H,8-9,14-15,20-23H2,1H3,(H,32,35). The van der Waals surface area contributed by atoms with Gasteiger partial charge in [0.2, 0.25) is 11.8 Å². The van der Waals surface area contributed by atoms with Gasteiger partial charge in [-0.25, -0.2) is 0 Å². The highest BCUT2D eigenvalue weighted by Crippen LogP contribution is 2.21. The van der Waals surface area contributed by atoms with E-state index in [1.807, 2.05) is 60.7 Å². The average Bonchev–Trinajstić information content (AvgIpc) is 3.41. The smallest absolute Gasteiger partial charge is 0.243 e. The van der Waals surface area contributed by atoms with Gasteiger partial charge in [-0.15, -0.1) is 11.8 Å². The molecular weight excluding hydrogens is 464 g/mol. The average molecular weight is 501 g/mol. The molecule has 1 fully saturated rings. The minimum absolute atomic E-state index is 0.00142. The maximum absolute atomic E-state index is 13.7. The number of aryl methyl sites for hydroxylation is 1. The van der Waals surface area contributed by atoms with E-state index in [0.29, 0.717) is 18.7 Å². The second-order valence-corrected chi connectivity index (χ2v) is 10.7. The molecule has 188 valence electrons. The van der Waals surface area contributed by atoms with Gasteiger partial charge in [0.15, 0.2) is 0 Å². The van der Waals surface area contributed by atoms with Gasteiger partial charge in [-0.2, -0.15) is 0 Å². The van der Waals surface area contributed by atoms with E-state index in [0.717, 1.165) is 42.6 Å². The molecule has 1 atom stereocenters. The number of nitrogens with zero attached hydrogens (tertiary/aromatic N) is 1. The van der Waals surface area contributed by atoms with Crippen LogP contribution < -0.4 is 5.32 Å². The highest BCUT2D eigenvalue weighted by atomic mass is 32.2. The van der Waals surface area contributed by atoms with Gasteiger partial charge in [0.1, 0.15) is 6.04 Å². The second kappa shape index (κ2) is 13.3. The van der Waals surface area contributed by atoms with Crippen molar-refractivity contribution in [3.05, 3.63) is 107 Å². The number of thioether (sulfide) groups is 1. The monoisotopic (exact) mass is 500 g/mol. The van der Waals surface area contributed by atoms with Crippen LogP contribution in [0, 0.1) is 6.92 Å². The molecule has 0 bridgehead atoms. The minimum atomic E-state index is -0.555. The third-order valence-electron chi connectivity index (χ3n) is 6.78. The van der Waals surface area contributed by atoms with E-state index in [9.17, 15) is 9.59 Å². The summed E-state index contributed by atoms with van der Waals surface area (Å²) in [5, 5.41) is 3.27. The molecule has 0 radical (unpaired) electrons. The van der Waals surface area contributed by atoms with E-state index in [-0.39, 0.29) is 17.9 Å². The van der Waals surface area contributed by atoms with Crippen LogP contribution in [0.1, 0.15) is 47.9 Å². The van der Waals surface area contributed by atoms with Crippen molar-refractivity contribution in [2.24, 2.45) is 0 Å². The molecule has 1 saturated carbocycles. The zero-order chi connectivity index (χ0) is 25.2. The first-order valence-corrected chi connectivity index (χ1v) is 14.0. The molecule has 1 unspecified atom stereocenters. The van der Waals surface area contributed by atoms with E-state index in [1.165, 1.54) is 11.1 Å². The van der Waals surface area contributed by atoms with E-state index in [2.05, 4.69) is 36.5 Å². The van der Waals surface area contributed by atoms with Gasteiger partial charge in [-0.3, -0.25) is 9.59 Å². The Balaban J connectivity index is 1.53. The first-order valence-electron chi connectivity index (χ1n) is 12.9. The van der Waals surface area contributed by atoms with Crippen LogP contribution in [0.3, 0.4) is 0 Å². The summed E-state index contributed by atoms with van der Waals surface area (Å²) in [6, 6.07) is 28.1. The van der Waals surface area contributed by atoms with Crippen molar-refractivity contribution >= 4 is 23.6 Å². The van der Waals surface area contributed by atoms with Gasteiger partial charge < -0.3 is 10.2 Å². The maximum atomic E-state index is 13.7. The van der Waals surface area contributed by atoms with Crippen molar-refractivity contribution in [3.8, 4) is 0 Å². The summed E-state index contributed by atoms with van der Waals surface area (Å²) >= 11 is 1.60. The Hall–Kier alpha value is -3.05. The van der Waals surface area contributed by atoms with Crippen molar-refractivity contribution in [1.29, 1.82) is 0 Å². The molecule has 36 heavy (non-hydrogen) atoms. The molecule has 1 N–H and O–H groups in total. The number of nitrogens with one attached hydrogen (secondary N) is 1. The van der Waals surface area contributed by atoms with Crippen LogP contribution in [-0.4, -0.2) is 34.6 Å². The van der Waals surface area contributed by atoms with E-state index in [4.69, 9.17) is 0 Å². The fourth-order valence-corrected chi connectivity index (χ4v) is 5.60. The predicted octanol–water partition coefficient (Wildman–Crippen LogP) is 5.93. The Morgan fingerprint density at radius 1 is 0.861 bits per heavy atom. The van der Waals surface area contributed by atoms with Crippen molar-refractivity contribution in [2.45, 2.75) is 63.4 Å². The van der Waals surface area contributed by atoms with Crippen molar-refractivity contribution < 1.29 is 9.59 Å². The molecule has 2 amide bonds. The van der Waals surface area contributed by atoms with Crippen LogP contribution in [0.2, 0.25) is 0 Å². The Kier molecular flexibility index (Phi) is 9.62. The van der Waals surface area contributed by atoms with Gasteiger partial charge in [-0.1, -0.05) is 103 Å². The van der Waals surface area contributed by atoms with Crippen molar-refractivity contribution in [3.63, 3.8) is 0 Å². The molecule has 1 aliphatic rings. The zero-order valence-electron chi connectivity index (χ0n) is 21.1. The topological polar surface area (TPSA) is 49.4 Å². The zero-order valence-corrected chi connectivity index (χ0v) is 21.9. The number of rotatable bonds is 11. The van der Waals surface area contributed by atoms with E-state index in [1.54, 1.807) is 16.7 Å². The largest absolute Gasteiger partial charge is 0.352 e. The summed E-state index contributed by atoms with van der Waals surface area (Å²) < 4.78 is 0. The Bertz CT molecular complexity index is 1100. The lowest BCUT2D eigenvalue weighted by Gasteiger charge is -2.32. The maximum Gasteiger partial charge on any atom is 0.243 e. The summed E-state index contributed by atoms with van der Waals surface area (Å²) in [7, 11) is 0. The van der Waals surface area contributed by atoms with Crippen LogP contribution in [0.5, 0.6) is 0 Å². The number of benzene rings is 3. The molecule has 0 saturated heterocycles. The van der Waals surface area contributed by atoms with Crippen LogP contribution in [0.15, 0.2) is 84.9 Å². The predicted molar refractivity (Wildman–Crippen MR) is 149 cm³/mol. The van der Waals surface area contributed by atoms with E-state index < -0.39 is 6.04 Å². The lowest BCUT2D eigenvalue weighted by Crippen LogP contribution is -2.52. The molecule has 3 aromatic carbocycles. The third kappa shape index (κ3) is 7.72. The molecule has 4 rings (SSSR count). The highest BCUT2D eigenvalue weighted by Gasteiger charge is 2.32. The third-order valence-corrected chi connectivity index (χ3v) is 7.77. The lowest BCUT2D eigenvalue weighted by molar-refractivity contribution is -0.139. The molecule has 0 heterocycles. The molecule has 1 aliphatic carbocycles.